The zero-order valence-electron chi connectivity index (χ0n) is 6.92. The molecule has 70 valence electrons. The lowest BCUT2D eigenvalue weighted by Crippen LogP contribution is -1.97. The van der Waals surface area contributed by atoms with Crippen LogP contribution in [0, 0.1) is 11.6 Å². The van der Waals surface area contributed by atoms with Crippen molar-refractivity contribution < 1.29 is 13.5 Å². The zero-order chi connectivity index (χ0) is 9.84. The van der Waals surface area contributed by atoms with E-state index < -0.39 is 11.6 Å². The van der Waals surface area contributed by atoms with Gasteiger partial charge in [-0.15, -0.1) is 0 Å². The van der Waals surface area contributed by atoms with Crippen LogP contribution in [-0.2, 0) is 0 Å². The highest BCUT2D eigenvalue weighted by Gasteiger charge is 2.09. The first kappa shape index (κ1) is 9.44. The summed E-state index contributed by atoms with van der Waals surface area (Å²) in [5.41, 5.74) is -0.275. The molecule has 5 heteroatoms. The molecule has 0 bridgehead atoms. The molecule has 0 fully saturated rings. The lowest BCUT2D eigenvalue weighted by Gasteiger charge is -2.02. The number of hydrazone groups is 1. The van der Waals surface area contributed by atoms with E-state index in [-0.39, 0.29) is 11.3 Å². The van der Waals surface area contributed by atoms with Crippen LogP contribution < -0.4 is 10.6 Å². The lowest BCUT2D eigenvalue weighted by molar-refractivity contribution is 0.406. The Morgan fingerprint density at radius 1 is 1.38 bits per heavy atom. The standard InChI is InChI=1S/C8H8F2N2O/c1-13-5-2-7(9)6(4-12-11)8(10)3-5/h2-4H,11H2,1H3. The molecule has 0 spiro atoms. The van der Waals surface area contributed by atoms with E-state index in [1.165, 1.54) is 7.11 Å². The number of benzene rings is 1. The van der Waals surface area contributed by atoms with Crippen molar-refractivity contribution in [3.63, 3.8) is 0 Å². The van der Waals surface area contributed by atoms with Crippen molar-refractivity contribution in [1.82, 2.24) is 0 Å². The summed E-state index contributed by atoms with van der Waals surface area (Å²) in [6.07, 6.45) is 0.907. The maximum atomic E-state index is 13.0. The van der Waals surface area contributed by atoms with Gasteiger partial charge in [0.05, 0.1) is 18.9 Å². The Morgan fingerprint density at radius 2 is 1.92 bits per heavy atom. The third-order valence-electron chi connectivity index (χ3n) is 1.49. The van der Waals surface area contributed by atoms with Gasteiger partial charge in [0.1, 0.15) is 17.4 Å². The van der Waals surface area contributed by atoms with Gasteiger partial charge in [0.2, 0.25) is 0 Å². The SMILES string of the molecule is COc1cc(F)c(C=NN)c(F)c1. The highest BCUT2D eigenvalue weighted by Crippen LogP contribution is 2.18. The molecule has 0 aliphatic carbocycles. The number of nitrogens with two attached hydrogens (primary N) is 1. The molecule has 0 amide bonds. The Balaban J connectivity index is 3.22. The number of halogens is 2. The second-order valence-corrected chi connectivity index (χ2v) is 2.28. The molecular formula is C8H8F2N2O. The van der Waals surface area contributed by atoms with Gasteiger partial charge in [-0.1, -0.05) is 0 Å². The number of nitrogens with zero attached hydrogens (tertiary/aromatic N) is 1. The topological polar surface area (TPSA) is 47.6 Å². The normalized spacial score (nSPS) is 10.7. The number of hydrogen-bond donors (Lipinski definition) is 1. The molecule has 3 nitrogen and oxygen atoms in total. The maximum Gasteiger partial charge on any atom is 0.138 e. The molecule has 0 heterocycles. The summed E-state index contributed by atoms with van der Waals surface area (Å²) in [5, 5.41) is 3.04. The third kappa shape index (κ3) is 1.93. The molecule has 1 aromatic carbocycles. The van der Waals surface area contributed by atoms with Gasteiger partial charge in [0.15, 0.2) is 0 Å². The summed E-state index contributed by atoms with van der Waals surface area (Å²) in [7, 11) is 1.32. The average Bonchev–Trinajstić information content (AvgIpc) is 2.11. The largest absolute Gasteiger partial charge is 0.497 e. The molecule has 0 saturated heterocycles. The molecular weight excluding hydrogens is 178 g/mol. The fraction of sp³-hybridized carbons (Fsp3) is 0.125. The summed E-state index contributed by atoms with van der Waals surface area (Å²) in [4.78, 5) is 0. The molecule has 1 rings (SSSR count). The Kier molecular flexibility index (Phi) is 2.79. The molecule has 0 unspecified atom stereocenters. The molecule has 2 N–H and O–H groups in total. The second kappa shape index (κ2) is 3.84. The molecule has 0 saturated carbocycles. The Labute approximate surface area is 73.8 Å². The van der Waals surface area contributed by atoms with Crippen molar-refractivity contribution in [2.24, 2.45) is 10.9 Å². The molecule has 1 aromatic rings. The van der Waals surface area contributed by atoms with E-state index >= 15 is 0 Å². The van der Waals surface area contributed by atoms with Gasteiger partial charge in [-0.3, -0.25) is 0 Å². The molecule has 0 atom stereocenters. The van der Waals surface area contributed by atoms with Crippen LogP contribution in [0.3, 0.4) is 0 Å². The first-order chi connectivity index (χ1) is 6.19. The lowest BCUT2D eigenvalue weighted by atomic mass is 10.2. The number of hydrogen-bond acceptors (Lipinski definition) is 3. The first-order valence-corrected chi connectivity index (χ1v) is 3.45. The smallest absolute Gasteiger partial charge is 0.138 e. The van der Waals surface area contributed by atoms with Crippen LogP contribution in [-0.4, -0.2) is 13.3 Å². The molecule has 0 aliphatic heterocycles. The average molecular weight is 186 g/mol. The number of rotatable bonds is 2. The van der Waals surface area contributed by atoms with Gasteiger partial charge in [-0.2, -0.15) is 5.10 Å². The fourth-order valence-corrected chi connectivity index (χ4v) is 0.877. The summed E-state index contributed by atoms with van der Waals surface area (Å²) >= 11 is 0. The number of ether oxygens (including phenoxy) is 1. The van der Waals surface area contributed by atoms with E-state index in [9.17, 15) is 8.78 Å². The van der Waals surface area contributed by atoms with Crippen LogP contribution in [0.4, 0.5) is 8.78 Å². The molecule has 0 aliphatic rings. The minimum Gasteiger partial charge on any atom is -0.497 e. The van der Waals surface area contributed by atoms with Crippen molar-refractivity contribution >= 4 is 6.21 Å². The van der Waals surface area contributed by atoms with Crippen LogP contribution in [0.15, 0.2) is 17.2 Å². The molecule has 13 heavy (non-hydrogen) atoms. The monoisotopic (exact) mass is 186 g/mol. The van der Waals surface area contributed by atoms with E-state index in [4.69, 9.17) is 5.84 Å². The van der Waals surface area contributed by atoms with Gasteiger partial charge in [-0.25, -0.2) is 8.78 Å². The first-order valence-electron chi connectivity index (χ1n) is 3.45. The van der Waals surface area contributed by atoms with Crippen molar-refractivity contribution in [2.45, 2.75) is 0 Å². The minimum atomic E-state index is -0.758. The summed E-state index contributed by atoms with van der Waals surface area (Å²) in [6, 6.07) is 2.11. The Bertz CT molecular complexity index is 316. The van der Waals surface area contributed by atoms with Gasteiger partial charge < -0.3 is 10.6 Å². The van der Waals surface area contributed by atoms with Crippen LogP contribution in [0.1, 0.15) is 5.56 Å². The van der Waals surface area contributed by atoms with E-state index in [1.54, 1.807) is 0 Å². The van der Waals surface area contributed by atoms with E-state index in [0.29, 0.717) is 0 Å². The Hall–Kier alpha value is -1.65. The quantitative estimate of drug-likeness (QED) is 0.429. The molecule has 0 radical (unpaired) electrons. The minimum absolute atomic E-state index is 0.115. The van der Waals surface area contributed by atoms with Crippen molar-refractivity contribution in [3.05, 3.63) is 29.3 Å². The third-order valence-corrected chi connectivity index (χ3v) is 1.49. The van der Waals surface area contributed by atoms with Crippen LogP contribution in [0.2, 0.25) is 0 Å². The predicted molar refractivity (Wildman–Crippen MR) is 44.7 cm³/mol. The summed E-state index contributed by atoms with van der Waals surface area (Å²) in [6.45, 7) is 0. The van der Waals surface area contributed by atoms with Crippen LogP contribution in [0.5, 0.6) is 5.75 Å². The second-order valence-electron chi connectivity index (χ2n) is 2.28. The van der Waals surface area contributed by atoms with Gasteiger partial charge in [-0.05, 0) is 0 Å². The van der Waals surface area contributed by atoms with Gasteiger partial charge in [0, 0.05) is 12.1 Å². The van der Waals surface area contributed by atoms with E-state index in [1.807, 2.05) is 0 Å². The van der Waals surface area contributed by atoms with Gasteiger partial charge >= 0.3 is 0 Å². The van der Waals surface area contributed by atoms with Crippen LogP contribution >= 0.6 is 0 Å². The van der Waals surface area contributed by atoms with Crippen molar-refractivity contribution in [3.8, 4) is 5.75 Å². The summed E-state index contributed by atoms with van der Waals surface area (Å²) < 4.78 is 30.7. The zero-order valence-corrected chi connectivity index (χ0v) is 6.92. The van der Waals surface area contributed by atoms with Gasteiger partial charge in [0.25, 0.3) is 0 Å². The van der Waals surface area contributed by atoms with Crippen molar-refractivity contribution in [1.29, 1.82) is 0 Å². The fourth-order valence-electron chi connectivity index (χ4n) is 0.877. The van der Waals surface area contributed by atoms with Crippen LogP contribution in [0.25, 0.3) is 0 Å². The predicted octanol–water partition coefficient (Wildman–Crippen LogP) is 1.27. The van der Waals surface area contributed by atoms with E-state index in [0.717, 1.165) is 18.3 Å². The highest BCUT2D eigenvalue weighted by atomic mass is 19.1. The van der Waals surface area contributed by atoms with E-state index in [2.05, 4.69) is 9.84 Å². The number of methoxy groups -OCH3 is 1. The molecule has 0 aromatic heterocycles. The Morgan fingerprint density at radius 3 is 2.31 bits per heavy atom. The summed E-state index contributed by atoms with van der Waals surface area (Å²) in [5.74, 6) is 3.37. The maximum absolute atomic E-state index is 13.0. The van der Waals surface area contributed by atoms with Crippen molar-refractivity contribution in [2.75, 3.05) is 7.11 Å². The highest BCUT2D eigenvalue weighted by molar-refractivity contribution is 5.80.